The smallest absolute Gasteiger partial charge is 0.429 e. The molecule has 110 valence electrons. The Hall–Kier alpha value is -1.77. The number of nitrogens with zero attached hydrogens (tertiary/aromatic N) is 2. The number of fused-ring (bicyclic) bond motifs is 1. The Morgan fingerprint density at radius 1 is 1.10 bits per heavy atom. The molecule has 2 rings (SSSR count). The Morgan fingerprint density at radius 3 is 2.15 bits per heavy atom. The van der Waals surface area contributed by atoms with Gasteiger partial charge in [-0.1, -0.05) is 0 Å². The molecule has 2 N–H and O–H groups in total. The number of aromatic nitrogens is 2. The number of alkyl halides is 6. The predicted molar refractivity (Wildman–Crippen MR) is 58.1 cm³/mol. The third-order valence-corrected chi connectivity index (χ3v) is 2.78. The van der Waals surface area contributed by atoms with Crippen LogP contribution in [0.15, 0.2) is 12.1 Å². The molecule has 3 nitrogen and oxygen atoms in total. The van der Waals surface area contributed by atoms with Gasteiger partial charge in [0.15, 0.2) is 0 Å². The van der Waals surface area contributed by atoms with Gasteiger partial charge in [0.25, 0.3) is 0 Å². The standard InChI is InChI=1S/C11H8F6N2O/c1-5-2-6(10(12,13)14)3-7-8(5)18-9(11(15,16)17)19(7)4-20/h2-3,20H,4H2,1H3/p+1. The number of rotatable bonds is 1. The van der Waals surface area contributed by atoms with Crippen molar-refractivity contribution in [1.82, 2.24) is 9.55 Å². The molecular weight excluding hydrogens is 290 g/mol. The van der Waals surface area contributed by atoms with Crippen LogP contribution in [0.3, 0.4) is 0 Å². The number of aryl methyl sites for hydroxylation is 1. The van der Waals surface area contributed by atoms with Crippen LogP contribution in [-0.2, 0) is 19.1 Å². The second kappa shape index (κ2) is 4.37. The summed E-state index contributed by atoms with van der Waals surface area (Å²) in [6.07, 6.45) is -9.50. The molecule has 0 saturated heterocycles. The van der Waals surface area contributed by atoms with Gasteiger partial charge in [-0.2, -0.15) is 26.3 Å². The summed E-state index contributed by atoms with van der Waals surface area (Å²) in [5.74, 6) is -1.37. The first-order chi connectivity index (χ1) is 9.05. The zero-order chi connectivity index (χ0) is 15.3. The zero-order valence-corrected chi connectivity index (χ0v) is 10.0. The predicted octanol–water partition coefficient (Wildman–Crippen LogP) is 3.06. The van der Waals surface area contributed by atoms with Crippen LogP contribution in [0, 0.1) is 6.92 Å². The molecule has 0 bridgehead atoms. The highest BCUT2D eigenvalue weighted by Crippen LogP contribution is 2.36. The summed E-state index contributed by atoms with van der Waals surface area (Å²) in [6, 6.07) is 1.32. The minimum absolute atomic E-state index is 0.0208. The molecule has 0 saturated carbocycles. The van der Waals surface area contributed by atoms with Crippen molar-refractivity contribution in [3.8, 4) is 0 Å². The Kier molecular flexibility index (Phi) is 3.20. The summed E-state index contributed by atoms with van der Waals surface area (Å²) in [7, 11) is 0. The maximum atomic E-state index is 12.8. The Labute approximate surface area is 108 Å². The summed E-state index contributed by atoms with van der Waals surface area (Å²) < 4.78 is 76.7. The average molecular weight is 299 g/mol. The second-order valence-electron chi connectivity index (χ2n) is 4.18. The molecule has 0 spiro atoms. The number of benzene rings is 1. The monoisotopic (exact) mass is 299 g/mol. The molecule has 0 unspecified atom stereocenters. The molecule has 0 aliphatic carbocycles. The van der Waals surface area contributed by atoms with Crippen molar-refractivity contribution in [2.45, 2.75) is 26.0 Å². The fourth-order valence-corrected chi connectivity index (χ4v) is 1.93. The lowest BCUT2D eigenvalue weighted by Crippen LogP contribution is -2.15. The lowest BCUT2D eigenvalue weighted by molar-refractivity contribution is -0.148. The molecule has 0 atom stereocenters. The summed E-state index contributed by atoms with van der Waals surface area (Å²) in [5.41, 5.74) is -1.62. The third-order valence-electron chi connectivity index (χ3n) is 2.78. The van der Waals surface area contributed by atoms with Gasteiger partial charge < -0.3 is 5.11 Å². The van der Waals surface area contributed by atoms with E-state index < -0.39 is 30.5 Å². The Bertz CT molecular complexity index is 655. The van der Waals surface area contributed by atoms with Crippen molar-refractivity contribution in [2.75, 3.05) is 0 Å². The molecule has 0 aliphatic rings. The van der Waals surface area contributed by atoms with E-state index in [2.05, 4.69) is 4.98 Å². The SMILES string of the molecule is Cc1cc(C(F)(F)F)cc2c1nc(C(F)(F)F)n2C[OH2+]. The largest absolute Gasteiger partial charge is 0.450 e. The highest BCUT2D eigenvalue weighted by molar-refractivity contribution is 5.80. The van der Waals surface area contributed by atoms with Crippen LogP contribution in [0.5, 0.6) is 0 Å². The summed E-state index contributed by atoms with van der Waals surface area (Å²) >= 11 is 0. The number of halogens is 6. The maximum Gasteiger partial charge on any atom is 0.450 e. The molecule has 0 amide bonds. The van der Waals surface area contributed by atoms with Gasteiger partial charge in [-0.15, -0.1) is 0 Å². The van der Waals surface area contributed by atoms with Gasteiger partial charge in [-0.05, 0) is 24.6 Å². The van der Waals surface area contributed by atoms with Crippen molar-refractivity contribution in [3.63, 3.8) is 0 Å². The van der Waals surface area contributed by atoms with Crippen LogP contribution in [0.25, 0.3) is 11.0 Å². The number of hydrogen-bond acceptors (Lipinski definition) is 1. The van der Waals surface area contributed by atoms with Crippen LogP contribution < -0.4 is 0 Å². The quantitative estimate of drug-likeness (QED) is 0.589. The van der Waals surface area contributed by atoms with E-state index in [4.69, 9.17) is 5.11 Å². The molecule has 2 aromatic rings. The molecule has 0 fully saturated rings. The zero-order valence-electron chi connectivity index (χ0n) is 10.0. The van der Waals surface area contributed by atoms with Crippen LogP contribution in [0.4, 0.5) is 26.3 Å². The number of hydrogen-bond donors (Lipinski definition) is 0. The van der Waals surface area contributed by atoms with E-state index in [1.807, 2.05) is 0 Å². The normalized spacial score (nSPS) is 13.2. The summed E-state index contributed by atoms with van der Waals surface area (Å²) in [6.45, 7) is 0.380. The fourth-order valence-electron chi connectivity index (χ4n) is 1.93. The lowest BCUT2D eigenvalue weighted by Gasteiger charge is -2.09. The van der Waals surface area contributed by atoms with Crippen LogP contribution in [0.1, 0.15) is 17.0 Å². The minimum Gasteiger partial charge on any atom is -0.429 e. The molecule has 9 heteroatoms. The topological polar surface area (TPSA) is 40.7 Å². The summed E-state index contributed by atoms with van der Waals surface area (Å²) in [5, 5.41) is 7.10. The van der Waals surface area contributed by atoms with E-state index in [-0.39, 0.29) is 16.6 Å². The van der Waals surface area contributed by atoms with Gasteiger partial charge in [0, 0.05) is 0 Å². The van der Waals surface area contributed by atoms with Gasteiger partial charge >= 0.3 is 12.4 Å². The molecule has 1 aromatic carbocycles. The van der Waals surface area contributed by atoms with Gasteiger partial charge in [0.1, 0.15) is 0 Å². The maximum absolute atomic E-state index is 12.8. The minimum atomic E-state index is -4.83. The van der Waals surface area contributed by atoms with Crippen molar-refractivity contribution in [1.29, 1.82) is 0 Å². The van der Waals surface area contributed by atoms with Crippen molar-refractivity contribution < 1.29 is 31.4 Å². The molecule has 1 heterocycles. The average Bonchev–Trinajstić information content (AvgIpc) is 2.66. The van der Waals surface area contributed by atoms with Gasteiger partial charge in [-0.3, -0.25) is 4.57 Å². The second-order valence-corrected chi connectivity index (χ2v) is 4.18. The van der Waals surface area contributed by atoms with Gasteiger partial charge in [0.2, 0.25) is 12.6 Å². The molecule has 0 radical (unpaired) electrons. The van der Waals surface area contributed by atoms with Crippen LogP contribution >= 0.6 is 0 Å². The molecule has 20 heavy (non-hydrogen) atoms. The summed E-state index contributed by atoms with van der Waals surface area (Å²) in [4.78, 5) is 3.33. The van der Waals surface area contributed by atoms with Gasteiger partial charge in [-0.25, -0.2) is 4.98 Å². The van der Waals surface area contributed by atoms with E-state index in [0.29, 0.717) is 10.6 Å². The highest BCUT2D eigenvalue weighted by atomic mass is 19.4. The van der Waals surface area contributed by atoms with E-state index in [9.17, 15) is 26.3 Å². The van der Waals surface area contributed by atoms with E-state index in [1.165, 1.54) is 6.92 Å². The van der Waals surface area contributed by atoms with Gasteiger partial charge in [0.05, 0.1) is 16.6 Å². The molecule has 1 aromatic heterocycles. The first-order valence-corrected chi connectivity index (χ1v) is 5.35. The van der Waals surface area contributed by atoms with Crippen molar-refractivity contribution in [2.24, 2.45) is 0 Å². The molecular formula is C11H9F6N2O+. The van der Waals surface area contributed by atoms with E-state index >= 15 is 0 Å². The Morgan fingerprint density at radius 2 is 1.70 bits per heavy atom. The number of imidazole rings is 1. The first-order valence-electron chi connectivity index (χ1n) is 5.35. The third kappa shape index (κ3) is 2.33. The molecule has 0 aliphatic heterocycles. The van der Waals surface area contributed by atoms with E-state index in [1.54, 1.807) is 0 Å². The lowest BCUT2D eigenvalue weighted by atomic mass is 10.1. The Balaban J connectivity index is 2.83. The van der Waals surface area contributed by atoms with Crippen molar-refractivity contribution in [3.05, 3.63) is 29.1 Å². The fraction of sp³-hybridized carbons (Fsp3) is 0.364. The van der Waals surface area contributed by atoms with Crippen LogP contribution in [-0.4, -0.2) is 14.7 Å². The van der Waals surface area contributed by atoms with Crippen molar-refractivity contribution >= 4 is 11.0 Å². The first kappa shape index (κ1) is 14.6. The van der Waals surface area contributed by atoms with Crippen LogP contribution in [0.2, 0.25) is 0 Å². The van der Waals surface area contributed by atoms with E-state index in [0.717, 1.165) is 6.07 Å². The highest BCUT2D eigenvalue weighted by Gasteiger charge is 2.39.